The predicted molar refractivity (Wildman–Crippen MR) is 76.8 cm³/mol. The number of benzene rings is 1. The Kier molecular flexibility index (Phi) is 4.61. The number of hydrogen-bond donors (Lipinski definition) is 2. The molecule has 11 heteroatoms. The van der Waals surface area contributed by atoms with Crippen molar-refractivity contribution in [1.82, 2.24) is 4.98 Å². The van der Waals surface area contributed by atoms with Gasteiger partial charge >= 0.3 is 12.1 Å². The fourth-order valence-corrected chi connectivity index (χ4v) is 3.98. The second-order valence-corrected chi connectivity index (χ2v) is 6.93. The molecule has 0 unspecified atom stereocenters. The van der Waals surface area contributed by atoms with E-state index in [1.54, 1.807) is 0 Å². The summed E-state index contributed by atoms with van der Waals surface area (Å²) < 4.78 is 64.6. The highest BCUT2D eigenvalue weighted by atomic mass is 32.2. The molecule has 0 bridgehead atoms. The van der Waals surface area contributed by atoms with Gasteiger partial charge in [0, 0.05) is 0 Å². The van der Waals surface area contributed by atoms with Gasteiger partial charge in [0.1, 0.15) is 5.00 Å². The topological polar surface area (TPSA) is 96.4 Å². The van der Waals surface area contributed by atoms with Crippen molar-refractivity contribution in [3.8, 4) is 0 Å². The summed E-state index contributed by atoms with van der Waals surface area (Å²) in [6, 6.07) is 4.26. The summed E-state index contributed by atoms with van der Waals surface area (Å²) in [7, 11) is -4.24. The van der Waals surface area contributed by atoms with E-state index in [1.165, 1.54) is 6.07 Å². The maximum absolute atomic E-state index is 12.9. The number of carboxylic acids is 1. The molecule has 23 heavy (non-hydrogen) atoms. The van der Waals surface area contributed by atoms with E-state index >= 15 is 0 Å². The summed E-state index contributed by atoms with van der Waals surface area (Å²) in [6.07, 6.45) is -4.69. The molecule has 0 aliphatic heterocycles. The van der Waals surface area contributed by atoms with Crippen LogP contribution in [0.15, 0.2) is 29.8 Å². The number of thiazole rings is 1. The van der Waals surface area contributed by atoms with Crippen LogP contribution in [0.25, 0.3) is 0 Å². The number of aromatic carboxylic acids is 1. The van der Waals surface area contributed by atoms with E-state index in [2.05, 4.69) is 4.98 Å². The molecule has 1 aromatic heterocycles. The second kappa shape index (κ2) is 6.16. The molecule has 0 aliphatic carbocycles. The Bertz CT molecular complexity index is 831. The molecule has 0 saturated carbocycles. The van der Waals surface area contributed by atoms with E-state index in [9.17, 15) is 26.4 Å². The van der Waals surface area contributed by atoms with Gasteiger partial charge in [-0.15, -0.1) is 11.3 Å². The first-order valence-corrected chi connectivity index (χ1v) is 8.46. The highest BCUT2D eigenvalue weighted by Gasteiger charge is 2.34. The lowest BCUT2D eigenvalue weighted by Gasteiger charge is -2.13. The molecular formula is C12H9F3N2O4S2. The quantitative estimate of drug-likeness (QED) is 0.848. The summed E-state index contributed by atoms with van der Waals surface area (Å²) >= 11 is 0.721. The molecule has 124 valence electrons. The van der Waals surface area contributed by atoms with E-state index in [0.29, 0.717) is 0 Å². The van der Waals surface area contributed by atoms with Crippen molar-refractivity contribution in [2.45, 2.75) is 11.9 Å². The number of nitrogens with one attached hydrogen (secondary N) is 1. The SMILES string of the molecule is O=C(O)c1ncsc1NS(=O)(=O)Cc1ccccc1C(F)(F)F. The zero-order chi connectivity index (χ0) is 17.3. The molecule has 0 fully saturated rings. The van der Waals surface area contributed by atoms with Crippen LogP contribution in [0.5, 0.6) is 0 Å². The molecule has 1 heterocycles. The number of rotatable bonds is 5. The van der Waals surface area contributed by atoms with Crippen molar-refractivity contribution in [1.29, 1.82) is 0 Å². The number of aromatic nitrogens is 1. The molecule has 1 aromatic carbocycles. The number of anilines is 1. The van der Waals surface area contributed by atoms with Crippen molar-refractivity contribution in [3.63, 3.8) is 0 Å². The normalized spacial score (nSPS) is 12.1. The van der Waals surface area contributed by atoms with Gasteiger partial charge in [0.05, 0.1) is 16.8 Å². The highest BCUT2D eigenvalue weighted by molar-refractivity contribution is 7.92. The molecule has 0 spiro atoms. The Morgan fingerprint density at radius 2 is 1.96 bits per heavy atom. The number of halogens is 3. The summed E-state index contributed by atoms with van der Waals surface area (Å²) in [6.45, 7) is 0. The van der Waals surface area contributed by atoms with E-state index in [1.807, 2.05) is 4.72 Å². The lowest BCUT2D eigenvalue weighted by Crippen LogP contribution is -2.19. The summed E-state index contributed by atoms with van der Waals surface area (Å²) in [5, 5.41) is 8.59. The van der Waals surface area contributed by atoms with Gasteiger partial charge < -0.3 is 5.11 Å². The lowest BCUT2D eigenvalue weighted by atomic mass is 10.1. The van der Waals surface area contributed by atoms with Crippen LogP contribution < -0.4 is 4.72 Å². The van der Waals surface area contributed by atoms with Crippen LogP contribution in [0.3, 0.4) is 0 Å². The minimum atomic E-state index is -4.69. The Labute approximate surface area is 132 Å². The van der Waals surface area contributed by atoms with Gasteiger partial charge in [-0.1, -0.05) is 18.2 Å². The summed E-state index contributed by atoms with van der Waals surface area (Å²) in [4.78, 5) is 14.3. The Balaban J connectivity index is 2.29. The van der Waals surface area contributed by atoms with Crippen LogP contribution in [0.2, 0.25) is 0 Å². The van der Waals surface area contributed by atoms with Crippen molar-refractivity contribution >= 4 is 32.3 Å². The first kappa shape index (κ1) is 17.2. The number of carboxylic acid groups (broad SMARTS) is 1. The summed E-state index contributed by atoms with van der Waals surface area (Å²) in [5.41, 5.74) is -0.893. The third-order valence-electron chi connectivity index (χ3n) is 2.69. The first-order chi connectivity index (χ1) is 10.6. The van der Waals surface area contributed by atoms with Crippen LogP contribution in [-0.4, -0.2) is 24.5 Å². The van der Waals surface area contributed by atoms with Gasteiger partial charge in [-0.05, 0) is 11.6 Å². The molecular weight excluding hydrogens is 357 g/mol. The van der Waals surface area contributed by atoms with E-state index < -0.39 is 44.7 Å². The number of nitrogens with zero attached hydrogens (tertiary/aromatic N) is 1. The van der Waals surface area contributed by atoms with Crippen molar-refractivity contribution < 1.29 is 31.5 Å². The summed E-state index contributed by atoms with van der Waals surface area (Å²) in [5.74, 6) is -2.39. The highest BCUT2D eigenvalue weighted by Crippen LogP contribution is 2.33. The van der Waals surface area contributed by atoms with Crippen molar-refractivity contribution in [3.05, 3.63) is 46.6 Å². The van der Waals surface area contributed by atoms with Gasteiger partial charge in [0.2, 0.25) is 10.0 Å². The lowest BCUT2D eigenvalue weighted by molar-refractivity contribution is -0.138. The molecule has 0 aliphatic rings. The zero-order valence-electron chi connectivity index (χ0n) is 11.2. The van der Waals surface area contributed by atoms with Crippen molar-refractivity contribution in [2.24, 2.45) is 0 Å². The van der Waals surface area contributed by atoms with Gasteiger partial charge in [0.15, 0.2) is 5.69 Å². The van der Waals surface area contributed by atoms with E-state index in [0.717, 1.165) is 35.0 Å². The second-order valence-electron chi connectivity index (χ2n) is 4.35. The Morgan fingerprint density at radius 1 is 1.30 bits per heavy atom. The molecule has 0 radical (unpaired) electrons. The van der Waals surface area contributed by atoms with Gasteiger partial charge in [-0.2, -0.15) is 13.2 Å². The third kappa shape index (κ3) is 4.20. The standard InChI is InChI=1S/C12H9F3N2O4S2/c13-12(14,15)8-4-2-1-3-7(8)5-23(20,21)17-10-9(11(18)19)16-6-22-10/h1-4,6,17H,5H2,(H,18,19). The third-order valence-corrected chi connectivity index (χ3v) is 4.76. The van der Waals surface area contributed by atoms with E-state index in [4.69, 9.17) is 5.11 Å². The van der Waals surface area contributed by atoms with Crippen LogP contribution in [0.4, 0.5) is 18.2 Å². The average Bonchev–Trinajstić information content (AvgIpc) is 2.84. The Morgan fingerprint density at radius 3 is 2.57 bits per heavy atom. The fraction of sp³-hybridized carbons (Fsp3) is 0.167. The van der Waals surface area contributed by atoms with Crippen LogP contribution >= 0.6 is 11.3 Å². The predicted octanol–water partition coefficient (Wildman–Crippen LogP) is 2.80. The molecule has 0 saturated heterocycles. The number of carbonyl (C=O) groups is 1. The van der Waals surface area contributed by atoms with Crippen LogP contribution in [0.1, 0.15) is 21.6 Å². The fourth-order valence-electron chi connectivity index (χ4n) is 1.78. The van der Waals surface area contributed by atoms with Gasteiger partial charge in [0.25, 0.3) is 0 Å². The number of sulfonamides is 1. The minimum absolute atomic E-state index is 0.262. The molecule has 0 atom stereocenters. The molecule has 6 nitrogen and oxygen atoms in total. The largest absolute Gasteiger partial charge is 0.476 e. The van der Waals surface area contributed by atoms with E-state index in [-0.39, 0.29) is 5.00 Å². The molecule has 2 rings (SSSR count). The zero-order valence-corrected chi connectivity index (χ0v) is 12.8. The average molecular weight is 366 g/mol. The van der Waals surface area contributed by atoms with Gasteiger partial charge in [-0.3, -0.25) is 4.72 Å². The minimum Gasteiger partial charge on any atom is -0.476 e. The van der Waals surface area contributed by atoms with Crippen molar-refractivity contribution in [2.75, 3.05) is 4.72 Å². The van der Waals surface area contributed by atoms with Crippen LogP contribution in [0, 0.1) is 0 Å². The molecule has 2 aromatic rings. The number of hydrogen-bond acceptors (Lipinski definition) is 5. The van der Waals surface area contributed by atoms with Crippen LogP contribution in [-0.2, 0) is 22.0 Å². The first-order valence-electron chi connectivity index (χ1n) is 5.92. The Hall–Kier alpha value is -2.14. The van der Waals surface area contributed by atoms with Gasteiger partial charge in [-0.25, -0.2) is 18.2 Å². The molecule has 0 amide bonds. The maximum Gasteiger partial charge on any atom is 0.416 e. The smallest absolute Gasteiger partial charge is 0.416 e. The monoisotopic (exact) mass is 366 g/mol. The molecule has 2 N–H and O–H groups in total. The maximum atomic E-state index is 12.9. The number of alkyl halides is 3.